The molecule has 0 bridgehead atoms. The Kier molecular flexibility index (Phi) is 3.54. The third kappa shape index (κ3) is 2.53. The van der Waals surface area contributed by atoms with Gasteiger partial charge < -0.3 is 14.8 Å². The van der Waals surface area contributed by atoms with Gasteiger partial charge in [-0.05, 0) is 45.1 Å². The summed E-state index contributed by atoms with van der Waals surface area (Å²) in [6, 6.07) is 8.12. The number of hydrogen-bond donors (Lipinski definition) is 1. The van der Waals surface area contributed by atoms with Crippen LogP contribution in [0, 0.1) is 0 Å². The lowest BCUT2D eigenvalue weighted by Gasteiger charge is -2.05. The van der Waals surface area contributed by atoms with Crippen molar-refractivity contribution in [3.8, 4) is 11.5 Å². The molecule has 0 radical (unpaired) electrons. The van der Waals surface area contributed by atoms with E-state index in [1.807, 2.05) is 12.1 Å². The zero-order valence-corrected chi connectivity index (χ0v) is 12.0. The van der Waals surface area contributed by atoms with Crippen LogP contribution in [-0.2, 0) is 13.1 Å². The lowest BCUT2D eigenvalue weighted by molar-refractivity contribution is 0.174. The summed E-state index contributed by atoms with van der Waals surface area (Å²) in [5, 5.41) is 5.51. The first-order valence-electron chi connectivity index (χ1n) is 5.64. The summed E-state index contributed by atoms with van der Waals surface area (Å²) in [5.74, 6) is 1.67. The van der Waals surface area contributed by atoms with E-state index in [1.165, 1.54) is 14.9 Å². The predicted molar refractivity (Wildman–Crippen MR) is 75.1 cm³/mol. The fraction of sp³-hybridized carbons (Fsp3) is 0.231. The van der Waals surface area contributed by atoms with Crippen molar-refractivity contribution in [1.82, 2.24) is 5.32 Å². The maximum atomic E-state index is 5.35. The van der Waals surface area contributed by atoms with Gasteiger partial charge >= 0.3 is 0 Å². The Labute approximate surface area is 118 Å². The number of halogens is 1. The second kappa shape index (κ2) is 5.30. The van der Waals surface area contributed by atoms with E-state index in [2.05, 4.69) is 38.8 Å². The molecule has 18 heavy (non-hydrogen) atoms. The summed E-state index contributed by atoms with van der Waals surface area (Å²) in [6.07, 6.45) is 0. The van der Waals surface area contributed by atoms with Crippen LogP contribution >= 0.6 is 27.3 Å². The van der Waals surface area contributed by atoms with Crippen LogP contribution in [0.4, 0.5) is 0 Å². The van der Waals surface area contributed by atoms with Gasteiger partial charge in [0.25, 0.3) is 0 Å². The minimum Gasteiger partial charge on any atom is -0.454 e. The fourth-order valence-corrected chi connectivity index (χ4v) is 3.28. The first-order valence-corrected chi connectivity index (χ1v) is 7.31. The van der Waals surface area contributed by atoms with Crippen LogP contribution in [0.15, 0.2) is 34.1 Å². The van der Waals surface area contributed by atoms with E-state index in [4.69, 9.17) is 9.47 Å². The molecule has 0 atom stereocenters. The van der Waals surface area contributed by atoms with Gasteiger partial charge in [0, 0.05) is 22.4 Å². The predicted octanol–water partition coefficient (Wildman–Crippen LogP) is 3.53. The summed E-state index contributed by atoms with van der Waals surface area (Å²) in [5.41, 5.74) is 1.20. The molecule has 1 aromatic carbocycles. The molecule has 2 aromatic rings. The van der Waals surface area contributed by atoms with Gasteiger partial charge in [-0.25, -0.2) is 0 Å². The highest BCUT2D eigenvalue weighted by Gasteiger charge is 2.12. The topological polar surface area (TPSA) is 30.5 Å². The van der Waals surface area contributed by atoms with Crippen LogP contribution < -0.4 is 14.8 Å². The molecule has 1 aliphatic heterocycles. The highest BCUT2D eigenvalue weighted by Crippen LogP contribution is 2.32. The maximum absolute atomic E-state index is 5.35. The molecule has 0 unspecified atom stereocenters. The number of fused-ring (bicyclic) bond motifs is 1. The number of nitrogens with one attached hydrogen (secondary N) is 1. The van der Waals surface area contributed by atoms with E-state index in [-0.39, 0.29) is 0 Å². The van der Waals surface area contributed by atoms with Gasteiger partial charge in [-0.15, -0.1) is 11.3 Å². The number of rotatable bonds is 4. The Morgan fingerprint density at radius 1 is 1.17 bits per heavy atom. The average Bonchev–Trinajstić information content (AvgIpc) is 2.98. The molecule has 1 N–H and O–H groups in total. The van der Waals surface area contributed by atoms with Crippen molar-refractivity contribution in [2.45, 2.75) is 13.1 Å². The largest absolute Gasteiger partial charge is 0.454 e. The van der Waals surface area contributed by atoms with E-state index in [1.54, 1.807) is 11.3 Å². The van der Waals surface area contributed by atoms with Crippen molar-refractivity contribution in [2.75, 3.05) is 6.79 Å². The van der Waals surface area contributed by atoms with Crippen LogP contribution in [0.25, 0.3) is 0 Å². The molecule has 3 rings (SSSR count). The van der Waals surface area contributed by atoms with E-state index in [9.17, 15) is 0 Å². The maximum Gasteiger partial charge on any atom is 0.231 e. The molecule has 0 spiro atoms. The Balaban J connectivity index is 1.59. The van der Waals surface area contributed by atoms with Crippen LogP contribution in [-0.4, -0.2) is 6.79 Å². The molecule has 1 aliphatic rings. The van der Waals surface area contributed by atoms with Crippen molar-refractivity contribution in [3.63, 3.8) is 0 Å². The molecule has 0 saturated carbocycles. The Bertz CT molecular complexity index is 556. The first-order chi connectivity index (χ1) is 8.83. The zero-order chi connectivity index (χ0) is 12.4. The monoisotopic (exact) mass is 325 g/mol. The zero-order valence-electron chi connectivity index (χ0n) is 9.61. The van der Waals surface area contributed by atoms with E-state index < -0.39 is 0 Å². The minimum atomic E-state index is 0.328. The van der Waals surface area contributed by atoms with Gasteiger partial charge in [0.05, 0.1) is 0 Å². The summed E-state index contributed by atoms with van der Waals surface area (Å²) >= 11 is 5.28. The molecule has 0 amide bonds. The molecular formula is C13H12BrNO2S. The Morgan fingerprint density at radius 2 is 2.06 bits per heavy atom. The standard InChI is InChI=1S/C13H12BrNO2S/c14-10-3-4-18-13(10)7-15-6-9-1-2-11-12(5-9)17-8-16-11/h1-5,15H,6-8H2. The van der Waals surface area contributed by atoms with Gasteiger partial charge in [-0.1, -0.05) is 6.07 Å². The average molecular weight is 326 g/mol. The Hall–Kier alpha value is -1.04. The number of benzene rings is 1. The Morgan fingerprint density at radius 3 is 2.89 bits per heavy atom. The SMILES string of the molecule is Brc1ccsc1CNCc1ccc2c(c1)OCO2. The summed E-state index contributed by atoms with van der Waals surface area (Å²) in [4.78, 5) is 1.32. The van der Waals surface area contributed by atoms with Gasteiger partial charge in [0.2, 0.25) is 6.79 Å². The highest BCUT2D eigenvalue weighted by molar-refractivity contribution is 9.10. The van der Waals surface area contributed by atoms with Crippen LogP contribution in [0.3, 0.4) is 0 Å². The molecule has 5 heteroatoms. The lowest BCUT2D eigenvalue weighted by Crippen LogP contribution is -2.11. The normalized spacial score (nSPS) is 12.9. The van der Waals surface area contributed by atoms with Gasteiger partial charge in [0.15, 0.2) is 11.5 Å². The lowest BCUT2D eigenvalue weighted by atomic mass is 10.2. The fourth-order valence-electron chi connectivity index (χ4n) is 1.82. The van der Waals surface area contributed by atoms with E-state index >= 15 is 0 Å². The van der Waals surface area contributed by atoms with Crippen molar-refractivity contribution >= 4 is 27.3 Å². The van der Waals surface area contributed by atoms with Crippen LogP contribution in [0.2, 0.25) is 0 Å². The van der Waals surface area contributed by atoms with E-state index in [0.717, 1.165) is 24.6 Å². The molecule has 2 heterocycles. The van der Waals surface area contributed by atoms with Crippen molar-refractivity contribution in [3.05, 3.63) is 44.6 Å². The van der Waals surface area contributed by atoms with Crippen molar-refractivity contribution < 1.29 is 9.47 Å². The first kappa shape index (κ1) is 12.0. The van der Waals surface area contributed by atoms with Gasteiger partial charge in [0.1, 0.15) is 0 Å². The number of ether oxygens (including phenoxy) is 2. The molecule has 3 nitrogen and oxygen atoms in total. The molecular weight excluding hydrogens is 314 g/mol. The van der Waals surface area contributed by atoms with Crippen LogP contribution in [0.1, 0.15) is 10.4 Å². The van der Waals surface area contributed by atoms with E-state index in [0.29, 0.717) is 6.79 Å². The van der Waals surface area contributed by atoms with Crippen molar-refractivity contribution in [1.29, 1.82) is 0 Å². The smallest absolute Gasteiger partial charge is 0.231 e. The molecule has 0 aliphatic carbocycles. The number of hydrogen-bond acceptors (Lipinski definition) is 4. The minimum absolute atomic E-state index is 0.328. The molecule has 0 saturated heterocycles. The molecule has 1 aromatic heterocycles. The van der Waals surface area contributed by atoms with Crippen molar-refractivity contribution in [2.24, 2.45) is 0 Å². The molecule has 0 fully saturated rings. The quantitative estimate of drug-likeness (QED) is 0.932. The third-order valence-electron chi connectivity index (χ3n) is 2.74. The van der Waals surface area contributed by atoms with Crippen LogP contribution in [0.5, 0.6) is 11.5 Å². The summed E-state index contributed by atoms with van der Waals surface area (Å²) < 4.78 is 11.8. The molecule has 94 valence electrons. The third-order valence-corrected chi connectivity index (χ3v) is 4.67. The van der Waals surface area contributed by atoms with Gasteiger partial charge in [-0.3, -0.25) is 0 Å². The highest BCUT2D eigenvalue weighted by atomic mass is 79.9. The van der Waals surface area contributed by atoms with Gasteiger partial charge in [-0.2, -0.15) is 0 Å². The summed E-state index contributed by atoms with van der Waals surface area (Å²) in [7, 11) is 0. The summed E-state index contributed by atoms with van der Waals surface area (Å²) in [6.45, 7) is 2.02. The second-order valence-corrected chi connectivity index (χ2v) is 5.84. The second-order valence-electron chi connectivity index (χ2n) is 3.98. The number of thiophene rings is 1.